The van der Waals surface area contributed by atoms with Crippen molar-refractivity contribution < 1.29 is 4.39 Å². The van der Waals surface area contributed by atoms with Crippen LogP contribution in [-0.2, 0) is 0 Å². The maximum Gasteiger partial charge on any atom is 0.179 e. The van der Waals surface area contributed by atoms with E-state index in [4.69, 9.17) is 0 Å². The van der Waals surface area contributed by atoms with Crippen LogP contribution >= 0.6 is 22.6 Å². The van der Waals surface area contributed by atoms with Gasteiger partial charge in [-0.25, -0.2) is 9.37 Å². The predicted octanol–water partition coefficient (Wildman–Crippen LogP) is 4.32. The van der Waals surface area contributed by atoms with Crippen LogP contribution < -0.4 is 0 Å². The number of fused-ring (bicyclic) bond motifs is 2. The van der Waals surface area contributed by atoms with Gasteiger partial charge in [-0.05, 0) is 40.8 Å². The summed E-state index contributed by atoms with van der Waals surface area (Å²) in [6.45, 7) is 0. The highest BCUT2D eigenvalue weighted by Gasteiger charge is 2.16. The maximum atomic E-state index is 14.7. The predicted molar refractivity (Wildman–Crippen MR) is 89.0 cm³/mol. The molecule has 0 fully saturated rings. The minimum atomic E-state index is -0.302. The second-order valence-corrected chi connectivity index (χ2v) is 5.72. The molecule has 1 aromatic carbocycles. The molecule has 21 heavy (non-hydrogen) atoms. The molecular weight excluding hydrogens is 380 g/mol. The van der Waals surface area contributed by atoms with E-state index in [9.17, 15) is 4.39 Å². The summed E-state index contributed by atoms with van der Waals surface area (Å²) in [5.74, 6) is -0.302. The Labute approximate surface area is 133 Å². The summed E-state index contributed by atoms with van der Waals surface area (Å²) >= 11 is 1.93. The van der Waals surface area contributed by atoms with E-state index in [0.717, 1.165) is 21.8 Å². The lowest BCUT2D eigenvalue weighted by molar-refractivity contribution is 0.607. The molecule has 0 atom stereocenters. The van der Waals surface area contributed by atoms with E-state index in [1.54, 1.807) is 12.4 Å². The van der Waals surface area contributed by atoms with E-state index in [0.29, 0.717) is 9.39 Å². The lowest BCUT2D eigenvalue weighted by atomic mass is 10.2. The molecule has 4 aromatic rings. The molecule has 0 spiro atoms. The third-order valence-corrected chi connectivity index (χ3v) is 4.21. The van der Waals surface area contributed by atoms with Gasteiger partial charge in [0, 0.05) is 29.4 Å². The summed E-state index contributed by atoms with van der Waals surface area (Å²) in [5.41, 5.74) is 2.25. The third-order valence-electron chi connectivity index (χ3n) is 3.50. The highest BCUT2D eigenvalue weighted by molar-refractivity contribution is 14.1. The number of hydrogen-bond acceptors (Lipinski definition) is 2. The average molecular weight is 389 g/mol. The lowest BCUT2D eigenvalue weighted by Gasteiger charge is -2.11. The lowest BCUT2D eigenvalue weighted by Crippen LogP contribution is -2.02. The number of rotatable bonds is 1. The van der Waals surface area contributed by atoms with Gasteiger partial charge in [0.2, 0.25) is 0 Å². The number of halogens is 2. The Morgan fingerprint density at radius 3 is 2.86 bits per heavy atom. The quantitative estimate of drug-likeness (QED) is 0.359. The molecular formula is C16H9FIN3. The van der Waals surface area contributed by atoms with Gasteiger partial charge < -0.3 is 4.57 Å². The Morgan fingerprint density at radius 1 is 1.10 bits per heavy atom. The second-order valence-electron chi connectivity index (χ2n) is 4.70. The molecule has 0 radical (unpaired) electrons. The van der Waals surface area contributed by atoms with Crippen LogP contribution in [0.1, 0.15) is 0 Å². The summed E-state index contributed by atoms with van der Waals surface area (Å²) in [5, 5.41) is 1.78. The van der Waals surface area contributed by atoms with Crippen molar-refractivity contribution in [3.05, 3.63) is 64.5 Å². The van der Waals surface area contributed by atoms with E-state index >= 15 is 0 Å². The van der Waals surface area contributed by atoms with E-state index < -0.39 is 0 Å². The van der Waals surface area contributed by atoms with Crippen molar-refractivity contribution in [2.75, 3.05) is 0 Å². The molecule has 0 aliphatic rings. The van der Waals surface area contributed by atoms with E-state index in [1.807, 2.05) is 69.8 Å². The van der Waals surface area contributed by atoms with Crippen LogP contribution in [0.25, 0.3) is 27.5 Å². The van der Waals surface area contributed by atoms with Gasteiger partial charge in [0.1, 0.15) is 3.70 Å². The van der Waals surface area contributed by atoms with Crippen molar-refractivity contribution in [1.29, 1.82) is 0 Å². The molecule has 0 amide bonds. The first-order valence-electron chi connectivity index (χ1n) is 6.41. The largest absolute Gasteiger partial charge is 0.313 e. The van der Waals surface area contributed by atoms with Crippen LogP contribution in [-0.4, -0.2) is 14.5 Å². The van der Waals surface area contributed by atoms with Crippen LogP contribution in [0.3, 0.4) is 0 Å². The minimum absolute atomic E-state index is 0.302. The monoisotopic (exact) mass is 389 g/mol. The van der Waals surface area contributed by atoms with E-state index in [-0.39, 0.29) is 5.82 Å². The number of aromatic nitrogens is 3. The van der Waals surface area contributed by atoms with Crippen LogP contribution in [0.2, 0.25) is 0 Å². The molecule has 3 nitrogen and oxygen atoms in total. The molecule has 0 saturated heterocycles. The molecule has 4 rings (SSSR count). The number of para-hydroxylation sites is 1. The van der Waals surface area contributed by atoms with Gasteiger partial charge in [0.25, 0.3) is 0 Å². The Morgan fingerprint density at radius 2 is 1.95 bits per heavy atom. The zero-order valence-corrected chi connectivity index (χ0v) is 13.0. The summed E-state index contributed by atoms with van der Waals surface area (Å²) in [6.07, 6.45) is 5.36. The van der Waals surface area contributed by atoms with Gasteiger partial charge in [-0.15, -0.1) is 0 Å². The SMILES string of the molecule is Fc1c(I)nc2ccccc2c1-n1ccc2cnccc21. The molecule has 0 N–H and O–H groups in total. The fourth-order valence-electron chi connectivity index (χ4n) is 2.55. The van der Waals surface area contributed by atoms with Crippen molar-refractivity contribution in [3.63, 3.8) is 0 Å². The first-order chi connectivity index (χ1) is 10.3. The van der Waals surface area contributed by atoms with Gasteiger partial charge in [-0.2, -0.15) is 0 Å². The van der Waals surface area contributed by atoms with Crippen LogP contribution in [0.5, 0.6) is 0 Å². The first-order valence-corrected chi connectivity index (χ1v) is 7.49. The molecule has 3 heterocycles. The molecule has 0 bridgehead atoms. The molecule has 0 aliphatic carbocycles. The second kappa shape index (κ2) is 4.77. The van der Waals surface area contributed by atoms with Gasteiger partial charge in [-0.3, -0.25) is 4.98 Å². The normalized spacial score (nSPS) is 11.3. The van der Waals surface area contributed by atoms with Crippen LogP contribution in [0.15, 0.2) is 55.0 Å². The van der Waals surface area contributed by atoms with Crippen molar-refractivity contribution in [3.8, 4) is 5.69 Å². The standard InChI is InChI=1S/C16H9FIN3/c17-14-15(11-3-1-2-4-12(11)20-16(14)18)21-8-6-10-9-19-7-5-13(10)21/h1-9H. The van der Waals surface area contributed by atoms with Gasteiger partial charge in [0.05, 0.1) is 16.7 Å². The molecule has 5 heteroatoms. The molecule has 0 aliphatic heterocycles. The topological polar surface area (TPSA) is 30.7 Å². The highest BCUT2D eigenvalue weighted by Crippen LogP contribution is 2.29. The first kappa shape index (κ1) is 12.7. The van der Waals surface area contributed by atoms with Gasteiger partial charge in [-0.1, -0.05) is 18.2 Å². The van der Waals surface area contributed by atoms with Crippen LogP contribution in [0, 0.1) is 9.52 Å². The van der Waals surface area contributed by atoms with Gasteiger partial charge >= 0.3 is 0 Å². The Hall–Kier alpha value is -2.02. The molecule has 0 saturated carbocycles. The van der Waals surface area contributed by atoms with E-state index in [2.05, 4.69) is 9.97 Å². The fourth-order valence-corrected chi connectivity index (χ4v) is 3.07. The van der Waals surface area contributed by atoms with Crippen LogP contribution in [0.4, 0.5) is 4.39 Å². The summed E-state index contributed by atoms with van der Waals surface area (Å²) in [4.78, 5) is 8.41. The maximum absolute atomic E-state index is 14.7. The average Bonchev–Trinajstić information content (AvgIpc) is 2.92. The zero-order chi connectivity index (χ0) is 14.4. The molecule has 0 unspecified atom stereocenters. The highest BCUT2D eigenvalue weighted by atomic mass is 127. The minimum Gasteiger partial charge on any atom is -0.313 e. The van der Waals surface area contributed by atoms with Crippen molar-refractivity contribution in [2.24, 2.45) is 0 Å². The van der Waals surface area contributed by atoms with Crippen molar-refractivity contribution in [1.82, 2.24) is 14.5 Å². The third kappa shape index (κ3) is 1.91. The summed E-state index contributed by atoms with van der Waals surface area (Å²) in [6, 6.07) is 11.4. The van der Waals surface area contributed by atoms with Crippen molar-refractivity contribution in [2.45, 2.75) is 0 Å². The number of nitrogens with zero attached hydrogens (tertiary/aromatic N) is 3. The Kier molecular flexibility index (Phi) is 2.88. The molecule has 3 aromatic heterocycles. The zero-order valence-electron chi connectivity index (χ0n) is 10.8. The van der Waals surface area contributed by atoms with E-state index in [1.165, 1.54) is 0 Å². The Balaban J connectivity index is 2.17. The molecule has 102 valence electrons. The van der Waals surface area contributed by atoms with Gasteiger partial charge in [0.15, 0.2) is 5.82 Å². The Bertz CT molecular complexity index is 978. The number of hydrogen-bond donors (Lipinski definition) is 0. The summed E-state index contributed by atoms with van der Waals surface area (Å²) in [7, 11) is 0. The van der Waals surface area contributed by atoms with Crippen molar-refractivity contribution >= 4 is 44.4 Å². The number of pyridine rings is 2. The smallest absolute Gasteiger partial charge is 0.179 e. The number of benzene rings is 1. The fraction of sp³-hybridized carbons (Fsp3) is 0. The summed E-state index contributed by atoms with van der Waals surface area (Å²) < 4.78 is 16.9.